The van der Waals surface area contributed by atoms with Crippen molar-refractivity contribution in [1.29, 1.82) is 0 Å². The summed E-state index contributed by atoms with van der Waals surface area (Å²) < 4.78 is 5.89. The summed E-state index contributed by atoms with van der Waals surface area (Å²) in [6.07, 6.45) is 1.99. The highest BCUT2D eigenvalue weighted by Crippen LogP contribution is 2.53. The molecule has 0 unspecified atom stereocenters. The molecular weight excluding hydrogens is 294 g/mol. The van der Waals surface area contributed by atoms with E-state index in [-0.39, 0.29) is 11.9 Å². The van der Waals surface area contributed by atoms with Gasteiger partial charge in [0.2, 0.25) is 0 Å². The molecule has 1 aromatic rings. The van der Waals surface area contributed by atoms with Crippen molar-refractivity contribution >= 4 is 27.6 Å². The lowest BCUT2D eigenvalue weighted by Crippen LogP contribution is -2.63. The maximum Gasteiger partial charge on any atom is 0.308 e. The summed E-state index contributed by atoms with van der Waals surface area (Å²) >= 11 is 3.44. The summed E-state index contributed by atoms with van der Waals surface area (Å²) in [6.45, 7) is 2.14. The van der Waals surface area contributed by atoms with Crippen molar-refractivity contribution in [2.75, 3.05) is 25.1 Å². The molecule has 0 N–H and O–H groups in total. The van der Waals surface area contributed by atoms with Gasteiger partial charge in [0.25, 0.3) is 0 Å². The second-order valence-electron chi connectivity index (χ2n) is 5.46. The number of halogens is 1. The molecule has 1 heterocycles. The summed E-state index contributed by atoms with van der Waals surface area (Å²) in [5.74, 6) is 0.102. The van der Waals surface area contributed by atoms with E-state index in [1.54, 1.807) is 0 Å². The van der Waals surface area contributed by atoms with Gasteiger partial charge in [0.1, 0.15) is 0 Å². The van der Waals surface area contributed by atoms with Gasteiger partial charge < -0.3 is 9.64 Å². The second kappa shape index (κ2) is 4.26. The van der Waals surface area contributed by atoms with Crippen LogP contribution in [-0.4, -0.2) is 26.2 Å². The molecule has 1 aliphatic heterocycles. The van der Waals surface area contributed by atoms with Crippen molar-refractivity contribution in [3.63, 3.8) is 0 Å². The largest absolute Gasteiger partial charge is 0.469 e. The van der Waals surface area contributed by atoms with Crippen LogP contribution in [0.4, 0.5) is 5.69 Å². The van der Waals surface area contributed by atoms with E-state index in [1.807, 2.05) is 0 Å². The van der Waals surface area contributed by atoms with Gasteiger partial charge in [0, 0.05) is 28.7 Å². The van der Waals surface area contributed by atoms with E-state index >= 15 is 0 Å². The number of carbonyl (C=O) groups is 1. The lowest BCUT2D eigenvalue weighted by Gasteiger charge is -2.59. The Morgan fingerprint density at radius 2 is 1.94 bits per heavy atom. The molecule has 3 nitrogen and oxygen atoms in total. The van der Waals surface area contributed by atoms with Gasteiger partial charge >= 0.3 is 5.97 Å². The molecule has 1 aliphatic carbocycles. The smallest absolute Gasteiger partial charge is 0.308 e. The second-order valence-corrected chi connectivity index (χ2v) is 6.38. The molecule has 1 saturated heterocycles. The summed E-state index contributed by atoms with van der Waals surface area (Å²) in [6, 6.07) is 8.40. The maximum atomic E-state index is 11.4. The SMILES string of the molecule is COC(=O)C1CC2(C1)CN(c1ccc(Br)cc1)C2. The summed E-state index contributed by atoms with van der Waals surface area (Å²) in [4.78, 5) is 13.7. The zero-order valence-electron chi connectivity index (χ0n) is 10.4. The zero-order chi connectivity index (χ0) is 12.8. The summed E-state index contributed by atoms with van der Waals surface area (Å²) in [5.41, 5.74) is 1.65. The molecule has 2 fully saturated rings. The molecule has 96 valence electrons. The third-order valence-electron chi connectivity index (χ3n) is 4.14. The highest BCUT2D eigenvalue weighted by atomic mass is 79.9. The quantitative estimate of drug-likeness (QED) is 0.787. The number of hydrogen-bond acceptors (Lipinski definition) is 3. The van der Waals surface area contributed by atoms with Gasteiger partial charge in [-0.1, -0.05) is 15.9 Å². The molecule has 1 saturated carbocycles. The van der Waals surface area contributed by atoms with Crippen LogP contribution in [0, 0.1) is 11.3 Å². The first-order valence-corrected chi connectivity index (χ1v) is 7.00. The van der Waals surface area contributed by atoms with Crippen molar-refractivity contribution in [2.24, 2.45) is 11.3 Å². The van der Waals surface area contributed by atoms with Crippen LogP contribution in [0.5, 0.6) is 0 Å². The van der Waals surface area contributed by atoms with Gasteiger partial charge in [-0.2, -0.15) is 0 Å². The van der Waals surface area contributed by atoms with Crippen LogP contribution < -0.4 is 4.90 Å². The van der Waals surface area contributed by atoms with Gasteiger partial charge in [-0.05, 0) is 37.1 Å². The number of nitrogens with zero attached hydrogens (tertiary/aromatic N) is 1. The average Bonchev–Trinajstić information content (AvgIpc) is 2.27. The Kier molecular flexibility index (Phi) is 2.85. The molecule has 0 atom stereocenters. The highest BCUT2D eigenvalue weighted by Gasteiger charge is 2.54. The van der Waals surface area contributed by atoms with Crippen LogP contribution in [0.15, 0.2) is 28.7 Å². The Morgan fingerprint density at radius 1 is 1.33 bits per heavy atom. The van der Waals surface area contributed by atoms with Gasteiger partial charge in [0.05, 0.1) is 13.0 Å². The van der Waals surface area contributed by atoms with E-state index in [2.05, 4.69) is 45.1 Å². The molecule has 1 spiro atoms. The monoisotopic (exact) mass is 309 g/mol. The Labute approximate surface area is 115 Å². The Bertz CT molecular complexity index is 457. The molecule has 2 aliphatic rings. The number of hydrogen-bond donors (Lipinski definition) is 0. The zero-order valence-corrected chi connectivity index (χ0v) is 11.9. The number of anilines is 1. The minimum atomic E-state index is -0.0392. The molecule has 1 aromatic carbocycles. The molecule has 0 amide bonds. The third kappa shape index (κ3) is 1.92. The molecule has 0 radical (unpaired) electrons. The van der Waals surface area contributed by atoms with Crippen LogP contribution in [0.2, 0.25) is 0 Å². The fourth-order valence-electron chi connectivity index (χ4n) is 3.18. The first kappa shape index (κ1) is 12.0. The number of ether oxygens (including phenoxy) is 1. The molecular formula is C14H16BrNO2. The molecule has 3 rings (SSSR count). The van der Waals surface area contributed by atoms with Gasteiger partial charge in [0.15, 0.2) is 0 Å². The van der Waals surface area contributed by atoms with E-state index in [0.717, 1.165) is 30.4 Å². The molecule has 18 heavy (non-hydrogen) atoms. The van der Waals surface area contributed by atoms with Crippen molar-refractivity contribution in [3.8, 4) is 0 Å². The normalized spacial score (nSPS) is 21.3. The van der Waals surface area contributed by atoms with Crippen molar-refractivity contribution in [2.45, 2.75) is 12.8 Å². The fourth-order valence-corrected chi connectivity index (χ4v) is 3.44. The molecule has 0 bridgehead atoms. The van der Waals surface area contributed by atoms with Crippen LogP contribution in [0.25, 0.3) is 0 Å². The first-order valence-electron chi connectivity index (χ1n) is 6.20. The summed E-state index contributed by atoms with van der Waals surface area (Å²) in [7, 11) is 1.47. The fraction of sp³-hybridized carbons (Fsp3) is 0.500. The number of esters is 1. The van der Waals surface area contributed by atoms with E-state index in [9.17, 15) is 4.79 Å². The third-order valence-corrected chi connectivity index (χ3v) is 4.67. The number of benzene rings is 1. The lowest BCUT2D eigenvalue weighted by atomic mass is 9.57. The van der Waals surface area contributed by atoms with Crippen LogP contribution in [0.3, 0.4) is 0 Å². The van der Waals surface area contributed by atoms with E-state index in [0.29, 0.717) is 5.41 Å². The predicted molar refractivity (Wildman–Crippen MR) is 73.5 cm³/mol. The summed E-state index contributed by atoms with van der Waals surface area (Å²) in [5, 5.41) is 0. The minimum absolute atomic E-state index is 0.0392. The Hall–Kier alpha value is -1.03. The van der Waals surface area contributed by atoms with Gasteiger partial charge in [-0.3, -0.25) is 4.79 Å². The van der Waals surface area contributed by atoms with Crippen molar-refractivity contribution < 1.29 is 9.53 Å². The van der Waals surface area contributed by atoms with Gasteiger partial charge in [-0.25, -0.2) is 0 Å². The predicted octanol–water partition coefficient (Wildman–Crippen LogP) is 2.84. The van der Waals surface area contributed by atoms with Crippen molar-refractivity contribution in [1.82, 2.24) is 0 Å². The number of methoxy groups -OCH3 is 1. The Balaban J connectivity index is 1.55. The van der Waals surface area contributed by atoms with E-state index in [1.165, 1.54) is 12.8 Å². The van der Waals surface area contributed by atoms with Crippen LogP contribution in [-0.2, 0) is 9.53 Å². The van der Waals surface area contributed by atoms with Gasteiger partial charge in [-0.15, -0.1) is 0 Å². The lowest BCUT2D eigenvalue weighted by molar-refractivity contribution is -0.155. The van der Waals surface area contributed by atoms with E-state index < -0.39 is 0 Å². The molecule has 4 heteroatoms. The number of rotatable bonds is 2. The molecule has 0 aromatic heterocycles. The number of carbonyl (C=O) groups excluding carboxylic acids is 1. The average molecular weight is 310 g/mol. The standard InChI is InChI=1S/C14H16BrNO2/c1-18-13(17)10-6-14(7-10)8-16(9-14)12-4-2-11(15)3-5-12/h2-5,10H,6-9H2,1H3. The topological polar surface area (TPSA) is 29.5 Å². The first-order chi connectivity index (χ1) is 8.62. The Morgan fingerprint density at radius 3 is 2.50 bits per heavy atom. The minimum Gasteiger partial charge on any atom is -0.469 e. The highest BCUT2D eigenvalue weighted by molar-refractivity contribution is 9.10. The van der Waals surface area contributed by atoms with E-state index in [4.69, 9.17) is 4.74 Å². The van der Waals surface area contributed by atoms with Crippen LogP contribution >= 0.6 is 15.9 Å². The maximum absolute atomic E-state index is 11.4. The van der Waals surface area contributed by atoms with Crippen molar-refractivity contribution in [3.05, 3.63) is 28.7 Å². The van der Waals surface area contributed by atoms with Crippen LogP contribution in [0.1, 0.15) is 12.8 Å².